The fraction of sp³-hybridized carbons (Fsp3) is 0.478. The molecule has 0 saturated carbocycles. The quantitative estimate of drug-likeness (QED) is 0.517. The van der Waals surface area contributed by atoms with E-state index in [0.29, 0.717) is 18.2 Å². The summed E-state index contributed by atoms with van der Waals surface area (Å²) in [5, 5.41) is 21.8. The molecule has 220 valence electrons. The third-order valence-electron chi connectivity index (χ3n) is 5.59. The van der Waals surface area contributed by atoms with Crippen molar-refractivity contribution in [1.82, 2.24) is 25.0 Å². The molecule has 0 radical (unpaired) electrons. The highest BCUT2D eigenvalue weighted by Crippen LogP contribution is 2.25. The van der Waals surface area contributed by atoms with Gasteiger partial charge in [-0.3, -0.25) is 14.7 Å². The Kier molecular flexibility index (Phi) is 11.3. The van der Waals surface area contributed by atoms with Crippen molar-refractivity contribution in [3.63, 3.8) is 0 Å². The SMILES string of the molecule is Cc1cccc(CO[C@@H]2C[C@H]3CN(C(=O)c4ccnnc4)CCN3C2)n1.O=C(O)C(F)(F)F.O=C(O)C(F)(F)F. The molecular formula is C23H25F6N5O6. The monoisotopic (exact) mass is 581 g/mol. The van der Waals surface area contributed by atoms with E-state index in [1.54, 1.807) is 12.3 Å². The van der Waals surface area contributed by atoms with Crippen LogP contribution in [0.4, 0.5) is 26.3 Å². The van der Waals surface area contributed by atoms with Gasteiger partial charge in [0.15, 0.2) is 0 Å². The minimum atomic E-state index is -5.08. The molecule has 11 nitrogen and oxygen atoms in total. The van der Waals surface area contributed by atoms with Crippen LogP contribution in [0, 0.1) is 6.92 Å². The van der Waals surface area contributed by atoms with E-state index in [-0.39, 0.29) is 12.0 Å². The molecule has 0 aromatic carbocycles. The lowest BCUT2D eigenvalue weighted by atomic mass is 10.1. The summed E-state index contributed by atoms with van der Waals surface area (Å²) in [6, 6.07) is 8.08. The van der Waals surface area contributed by atoms with Crippen LogP contribution in [0.25, 0.3) is 0 Å². The van der Waals surface area contributed by atoms with E-state index in [2.05, 4.69) is 20.1 Å². The van der Waals surface area contributed by atoms with Crippen molar-refractivity contribution in [3.8, 4) is 0 Å². The van der Waals surface area contributed by atoms with Gasteiger partial charge < -0.3 is 19.8 Å². The third-order valence-corrected chi connectivity index (χ3v) is 5.59. The largest absolute Gasteiger partial charge is 0.490 e. The number of rotatable bonds is 4. The van der Waals surface area contributed by atoms with Gasteiger partial charge in [0.05, 0.1) is 36.4 Å². The molecule has 1 amide bonds. The average Bonchev–Trinajstić information content (AvgIpc) is 3.29. The number of halogens is 6. The smallest absolute Gasteiger partial charge is 0.475 e. The lowest BCUT2D eigenvalue weighted by Crippen LogP contribution is -2.52. The van der Waals surface area contributed by atoms with Crippen LogP contribution in [0.15, 0.2) is 36.7 Å². The number of alkyl halides is 6. The Morgan fingerprint density at radius 2 is 1.60 bits per heavy atom. The average molecular weight is 581 g/mol. The first-order valence-electron chi connectivity index (χ1n) is 11.5. The number of aromatic nitrogens is 3. The zero-order valence-corrected chi connectivity index (χ0v) is 20.9. The molecule has 0 unspecified atom stereocenters. The number of aliphatic carboxylic acids is 2. The molecule has 2 aliphatic heterocycles. The lowest BCUT2D eigenvalue weighted by molar-refractivity contribution is -0.193. The zero-order chi connectivity index (χ0) is 30.1. The first-order chi connectivity index (χ1) is 18.6. The van der Waals surface area contributed by atoms with Crippen molar-refractivity contribution in [2.45, 2.75) is 44.4 Å². The number of fused-ring (bicyclic) bond motifs is 1. The topological polar surface area (TPSA) is 146 Å². The standard InChI is InChI=1S/C19H23N5O2.2C2HF3O2/c1-14-3-2-4-16(22-14)13-26-18-9-17-11-24(8-7-23(17)12-18)19(25)15-5-6-20-21-10-15;2*3-2(4,5)1(6)7/h2-6,10,17-18H,7-9,11-13H2,1H3;2*(H,6,7)/t17-,18+;;/m0../s1. The van der Waals surface area contributed by atoms with Crippen LogP contribution in [0.1, 0.15) is 28.2 Å². The first kappa shape index (κ1) is 32.4. The Morgan fingerprint density at radius 1 is 0.975 bits per heavy atom. The molecule has 2 aromatic rings. The molecular weight excluding hydrogens is 556 g/mol. The van der Waals surface area contributed by atoms with Crippen molar-refractivity contribution in [2.75, 3.05) is 26.2 Å². The van der Waals surface area contributed by atoms with E-state index in [9.17, 15) is 31.1 Å². The Morgan fingerprint density at radius 3 is 2.12 bits per heavy atom. The van der Waals surface area contributed by atoms with E-state index in [1.165, 1.54) is 6.20 Å². The highest BCUT2D eigenvalue weighted by atomic mass is 19.4. The normalized spacial score (nSPS) is 18.9. The summed E-state index contributed by atoms with van der Waals surface area (Å²) in [5.41, 5.74) is 2.58. The van der Waals surface area contributed by atoms with Crippen LogP contribution in [0.2, 0.25) is 0 Å². The summed E-state index contributed by atoms with van der Waals surface area (Å²) in [5.74, 6) is -5.48. The number of piperazine rings is 1. The number of hydrogen-bond acceptors (Lipinski definition) is 8. The molecule has 0 aliphatic carbocycles. The van der Waals surface area contributed by atoms with Gasteiger partial charge >= 0.3 is 24.3 Å². The number of carboxylic acid groups (broad SMARTS) is 2. The lowest BCUT2D eigenvalue weighted by Gasteiger charge is -2.37. The molecule has 2 N–H and O–H groups in total. The number of pyridine rings is 1. The number of carbonyl (C=O) groups is 3. The molecule has 2 aliphatic rings. The fourth-order valence-electron chi connectivity index (χ4n) is 3.78. The van der Waals surface area contributed by atoms with Crippen molar-refractivity contribution in [3.05, 3.63) is 53.6 Å². The van der Waals surface area contributed by atoms with Gasteiger partial charge in [0, 0.05) is 37.9 Å². The summed E-state index contributed by atoms with van der Waals surface area (Å²) in [6.07, 6.45) is -5.93. The number of hydrogen-bond donors (Lipinski definition) is 2. The second kappa shape index (κ2) is 14.0. The number of amides is 1. The van der Waals surface area contributed by atoms with E-state index >= 15 is 0 Å². The van der Waals surface area contributed by atoms with Crippen LogP contribution in [-0.4, -0.2) is 104 Å². The predicted octanol–water partition coefficient (Wildman–Crippen LogP) is 2.56. The van der Waals surface area contributed by atoms with E-state index in [4.69, 9.17) is 24.5 Å². The van der Waals surface area contributed by atoms with Crippen LogP contribution in [-0.2, 0) is 20.9 Å². The molecule has 4 rings (SSSR count). The number of aryl methyl sites for hydroxylation is 1. The van der Waals surface area contributed by atoms with Gasteiger partial charge in [0.2, 0.25) is 0 Å². The number of nitrogens with zero attached hydrogens (tertiary/aromatic N) is 5. The molecule has 0 spiro atoms. The second-order valence-electron chi connectivity index (χ2n) is 8.58. The van der Waals surface area contributed by atoms with Crippen LogP contribution in [0.3, 0.4) is 0 Å². The minimum Gasteiger partial charge on any atom is -0.475 e. The summed E-state index contributed by atoms with van der Waals surface area (Å²) in [4.78, 5) is 39.2. The minimum absolute atomic E-state index is 0.0351. The Balaban J connectivity index is 0.000000333. The molecule has 2 aromatic heterocycles. The van der Waals surface area contributed by atoms with E-state index < -0.39 is 24.3 Å². The number of carbonyl (C=O) groups excluding carboxylic acids is 1. The number of ether oxygens (including phenoxy) is 1. The highest BCUT2D eigenvalue weighted by Gasteiger charge is 2.39. The van der Waals surface area contributed by atoms with Crippen molar-refractivity contribution in [2.24, 2.45) is 0 Å². The Bertz CT molecular complexity index is 1130. The van der Waals surface area contributed by atoms with Gasteiger partial charge in [-0.15, -0.1) is 0 Å². The third kappa shape index (κ3) is 10.4. The second-order valence-corrected chi connectivity index (χ2v) is 8.58. The highest BCUT2D eigenvalue weighted by molar-refractivity contribution is 5.93. The summed E-state index contributed by atoms with van der Waals surface area (Å²) in [6.45, 7) is 5.82. The number of carboxylic acids is 2. The Labute approximate surface area is 223 Å². The summed E-state index contributed by atoms with van der Waals surface area (Å²) in [7, 11) is 0. The maximum absolute atomic E-state index is 12.6. The van der Waals surface area contributed by atoms with Crippen LogP contribution >= 0.6 is 0 Å². The van der Waals surface area contributed by atoms with Gasteiger partial charge in [-0.2, -0.15) is 36.5 Å². The van der Waals surface area contributed by atoms with Crippen LogP contribution < -0.4 is 0 Å². The molecule has 2 atom stereocenters. The maximum atomic E-state index is 12.6. The molecule has 2 saturated heterocycles. The van der Waals surface area contributed by atoms with Gasteiger partial charge in [-0.1, -0.05) is 6.07 Å². The first-order valence-corrected chi connectivity index (χ1v) is 11.5. The van der Waals surface area contributed by atoms with Gasteiger partial charge in [-0.25, -0.2) is 9.59 Å². The predicted molar refractivity (Wildman–Crippen MR) is 123 cm³/mol. The van der Waals surface area contributed by atoms with Gasteiger partial charge in [-0.05, 0) is 31.5 Å². The molecule has 2 fully saturated rings. The van der Waals surface area contributed by atoms with E-state index in [0.717, 1.165) is 44.0 Å². The molecule has 0 bridgehead atoms. The van der Waals surface area contributed by atoms with Gasteiger partial charge in [0.25, 0.3) is 5.91 Å². The summed E-state index contributed by atoms with van der Waals surface area (Å²) >= 11 is 0. The zero-order valence-electron chi connectivity index (χ0n) is 20.9. The maximum Gasteiger partial charge on any atom is 0.490 e. The molecule has 40 heavy (non-hydrogen) atoms. The summed E-state index contributed by atoms with van der Waals surface area (Å²) < 4.78 is 69.6. The Hall–Kier alpha value is -3.86. The van der Waals surface area contributed by atoms with Crippen LogP contribution in [0.5, 0.6) is 0 Å². The molecule has 17 heteroatoms. The van der Waals surface area contributed by atoms with Gasteiger partial charge in [0.1, 0.15) is 0 Å². The van der Waals surface area contributed by atoms with Crippen molar-refractivity contribution >= 4 is 17.8 Å². The van der Waals surface area contributed by atoms with Crippen molar-refractivity contribution < 1.29 is 55.7 Å². The van der Waals surface area contributed by atoms with Crippen molar-refractivity contribution in [1.29, 1.82) is 0 Å². The molecule has 4 heterocycles. The fourth-order valence-corrected chi connectivity index (χ4v) is 3.78. The van der Waals surface area contributed by atoms with E-state index in [1.807, 2.05) is 30.0 Å².